The third kappa shape index (κ3) is 74.1. The second kappa shape index (κ2) is 71.7. The maximum atomic E-state index is 13.1. The normalized spacial score (nSPS) is 13.9. The maximum Gasteiger partial charge on any atom is 0.472 e. The molecule has 588 valence electrons. The molecule has 0 rings (SSSR count). The number of hydrogen-bond acceptors (Lipinski definition) is 15. The molecule has 0 aromatic rings. The van der Waals surface area contributed by atoms with E-state index in [1.165, 1.54) is 238 Å². The second-order valence-electron chi connectivity index (χ2n) is 29.8. The molecule has 0 radical (unpaired) electrons. The standard InChI is InChI=1S/C80H156O17P2/c1-7-9-11-13-15-17-19-20-21-22-23-24-27-34-40-46-52-58-64-79(84)97-76(69-91-78(83)63-57-51-45-39-33-28-25-26-31-36-42-48-54-60-72(3)4)71-95-99(88,89)93-67-74(81)66-92-98(86,87)94-70-75(68-90-77(82)62-56-50-44-38-18-16-14-12-10-8-2)96-80(85)65-59-53-47-41-35-30-29-32-37-43-49-55-61-73(5)6/h72-76,81H,7-71H2,1-6H3,(H,86,87)(H,88,89)/t74-,75+,76+/m0/s1. The average Bonchev–Trinajstić information content (AvgIpc) is 0.992. The van der Waals surface area contributed by atoms with Crippen molar-refractivity contribution in [2.75, 3.05) is 39.6 Å². The summed E-state index contributed by atoms with van der Waals surface area (Å²) in [7, 11) is -9.92. The lowest BCUT2D eigenvalue weighted by atomic mass is 10.0. The molecule has 5 atom stereocenters. The lowest BCUT2D eigenvalue weighted by Gasteiger charge is -2.21. The highest BCUT2D eigenvalue weighted by Gasteiger charge is 2.30. The smallest absolute Gasteiger partial charge is 0.462 e. The van der Waals surface area contributed by atoms with Gasteiger partial charge in [-0.1, -0.05) is 369 Å². The predicted molar refractivity (Wildman–Crippen MR) is 405 cm³/mol. The number of esters is 4. The van der Waals surface area contributed by atoms with Crippen LogP contribution in [0.4, 0.5) is 0 Å². The first-order valence-electron chi connectivity index (χ1n) is 41.5. The monoisotopic (exact) mass is 1450 g/mol. The number of carbonyl (C=O) groups is 4. The van der Waals surface area contributed by atoms with Crippen molar-refractivity contribution in [2.24, 2.45) is 11.8 Å². The van der Waals surface area contributed by atoms with E-state index in [9.17, 15) is 43.2 Å². The molecule has 0 saturated carbocycles. The summed E-state index contributed by atoms with van der Waals surface area (Å²) < 4.78 is 68.7. The topological polar surface area (TPSA) is 237 Å². The molecule has 0 aliphatic rings. The van der Waals surface area contributed by atoms with Gasteiger partial charge in [0.2, 0.25) is 0 Å². The SMILES string of the molecule is CCCCCCCCCCCCCCCCCCCCC(=O)O[C@H](COC(=O)CCCCCCCCCCCCCCCC(C)C)COP(=O)(O)OC[C@@H](O)COP(=O)(O)OC[C@@H](COC(=O)CCCCCCCCCCCC)OC(=O)CCCCCCCCCCCCCCC(C)C. The highest BCUT2D eigenvalue weighted by Crippen LogP contribution is 2.45. The highest BCUT2D eigenvalue weighted by molar-refractivity contribution is 7.47. The number of hydrogen-bond donors (Lipinski definition) is 3. The zero-order valence-electron chi connectivity index (χ0n) is 64.8. The van der Waals surface area contributed by atoms with Crippen LogP contribution in [-0.4, -0.2) is 96.7 Å². The van der Waals surface area contributed by atoms with E-state index in [0.717, 1.165) is 102 Å². The van der Waals surface area contributed by atoms with Gasteiger partial charge in [0.1, 0.15) is 19.3 Å². The van der Waals surface area contributed by atoms with Crippen LogP contribution in [0.25, 0.3) is 0 Å². The fourth-order valence-corrected chi connectivity index (χ4v) is 13.9. The Morgan fingerprint density at radius 3 is 0.687 bits per heavy atom. The van der Waals surface area contributed by atoms with E-state index in [1.807, 2.05) is 0 Å². The van der Waals surface area contributed by atoms with Crippen LogP contribution in [0.2, 0.25) is 0 Å². The summed E-state index contributed by atoms with van der Waals surface area (Å²) in [5.41, 5.74) is 0. The van der Waals surface area contributed by atoms with Crippen molar-refractivity contribution >= 4 is 39.5 Å². The molecule has 0 heterocycles. The van der Waals surface area contributed by atoms with E-state index in [-0.39, 0.29) is 25.7 Å². The molecule has 0 aromatic heterocycles. The van der Waals surface area contributed by atoms with Gasteiger partial charge >= 0.3 is 39.5 Å². The third-order valence-electron chi connectivity index (χ3n) is 18.7. The molecule has 0 saturated heterocycles. The molecule has 19 heteroatoms. The van der Waals surface area contributed by atoms with Crippen LogP contribution >= 0.6 is 15.6 Å². The molecule has 0 aliphatic carbocycles. The molecular formula is C80H156O17P2. The summed E-state index contributed by atoms with van der Waals surface area (Å²) in [4.78, 5) is 73.0. The van der Waals surface area contributed by atoms with Gasteiger partial charge in [0.25, 0.3) is 0 Å². The van der Waals surface area contributed by atoms with Gasteiger partial charge in [0.15, 0.2) is 12.2 Å². The zero-order chi connectivity index (χ0) is 72.8. The van der Waals surface area contributed by atoms with Crippen LogP contribution in [0.5, 0.6) is 0 Å². The van der Waals surface area contributed by atoms with Gasteiger partial charge in [-0.05, 0) is 37.5 Å². The third-order valence-corrected chi connectivity index (χ3v) is 20.6. The largest absolute Gasteiger partial charge is 0.472 e. The predicted octanol–water partition coefficient (Wildman–Crippen LogP) is 23.9. The number of unbranched alkanes of at least 4 members (excludes halogenated alkanes) is 49. The lowest BCUT2D eigenvalue weighted by Crippen LogP contribution is -2.30. The first-order valence-corrected chi connectivity index (χ1v) is 44.5. The molecule has 99 heavy (non-hydrogen) atoms. The molecular weight excluding hydrogens is 1290 g/mol. The lowest BCUT2D eigenvalue weighted by molar-refractivity contribution is -0.161. The van der Waals surface area contributed by atoms with E-state index >= 15 is 0 Å². The number of ether oxygens (including phenoxy) is 4. The molecule has 0 spiro atoms. The first kappa shape index (κ1) is 97.1. The van der Waals surface area contributed by atoms with E-state index in [1.54, 1.807) is 0 Å². The van der Waals surface area contributed by atoms with Crippen molar-refractivity contribution in [2.45, 2.75) is 439 Å². The molecule has 3 N–H and O–H groups in total. The minimum absolute atomic E-state index is 0.107. The van der Waals surface area contributed by atoms with Gasteiger partial charge in [0.05, 0.1) is 26.4 Å². The Hall–Kier alpha value is -1.94. The minimum Gasteiger partial charge on any atom is -0.462 e. The van der Waals surface area contributed by atoms with Crippen molar-refractivity contribution in [1.29, 1.82) is 0 Å². The van der Waals surface area contributed by atoms with Crippen LogP contribution in [0, 0.1) is 11.8 Å². The zero-order valence-corrected chi connectivity index (χ0v) is 66.6. The fraction of sp³-hybridized carbons (Fsp3) is 0.950. The van der Waals surface area contributed by atoms with Gasteiger partial charge in [0, 0.05) is 25.7 Å². The Bertz CT molecular complexity index is 1910. The Morgan fingerprint density at radius 2 is 0.465 bits per heavy atom. The van der Waals surface area contributed by atoms with Crippen LogP contribution < -0.4 is 0 Å². The number of carbonyl (C=O) groups excluding carboxylic acids is 4. The van der Waals surface area contributed by atoms with Crippen molar-refractivity contribution < 1.29 is 80.2 Å². The first-order chi connectivity index (χ1) is 47.9. The summed E-state index contributed by atoms with van der Waals surface area (Å²) in [6.45, 7) is 9.65. The van der Waals surface area contributed by atoms with Crippen molar-refractivity contribution in [1.82, 2.24) is 0 Å². The number of rotatable bonds is 79. The van der Waals surface area contributed by atoms with Crippen LogP contribution in [0.15, 0.2) is 0 Å². The Balaban J connectivity index is 5.24. The molecule has 2 unspecified atom stereocenters. The number of aliphatic hydroxyl groups is 1. The van der Waals surface area contributed by atoms with E-state index < -0.39 is 97.5 Å². The van der Waals surface area contributed by atoms with Crippen molar-refractivity contribution in [3.63, 3.8) is 0 Å². The number of phosphoric acid groups is 2. The van der Waals surface area contributed by atoms with Gasteiger partial charge in [-0.25, -0.2) is 9.13 Å². The summed E-state index contributed by atoms with van der Waals surface area (Å²) in [5, 5.41) is 10.6. The van der Waals surface area contributed by atoms with Crippen LogP contribution in [0.3, 0.4) is 0 Å². The van der Waals surface area contributed by atoms with Crippen molar-refractivity contribution in [3.05, 3.63) is 0 Å². The van der Waals surface area contributed by atoms with E-state index in [0.29, 0.717) is 25.7 Å². The Labute approximate surface area is 607 Å². The van der Waals surface area contributed by atoms with Crippen molar-refractivity contribution in [3.8, 4) is 0 Å². The summed E-state index contributed by atoms with van der Waals surface area (Å²) in [6, 6.07) is 0. The Kier molecular flexibility index (Phi) is 70.3. The van der Waals surface area contributed by atoms with Crippen LogP contribution in [0.1, 0.15) is 420 Å². The van der Waals surface area contributed by atoms with E-state index in [2.05, 4.69) is 41.5 Å². The summed E-state index contributed by atoms with van der Waals surface area (Å²) >= 11 is 0. The number of phosphoric ester groups is 2. The molecule has 17 nitrogen and oxygen atoms in total. The maximum absolute atomic E-state index is 13.1. The summed E-state index contributed by atoms with van der Waals surface area (Å²) in [5.74, 6) is -0.541. The molecule has 0 aliphatic heterocycles. The quantitative estimate of drug-likeness (QED) is 0.0222. The average molecular weight is 1450 g/mol. The molecule has 0 fully saturated rings. The van der Waals surface area contributed by atoms with Gasteiger partial charge in [-0.2, -0.15) is 0 Å². The summed E-state index contributed by atoms with van der Waals surface area (Å²) in [6.07, 6.45) is 60.9. The minimum atomic E-state index is -4.96. The number of aliphatic hydroxyl groups excluding tert-OH is 1. The van der Waals surface area contributed by atoms with Gasteiger partial charge in [-0.3, -0.25) is 37.3 Å². The van der Waals surface area contributed by atoms with Gasteiger partial charge in [-0.15, -0.1) is 0 Å². The Morgan fingerprint density at radius 1 is 0.273 bits per heavy atom. The fourth-order valence-electron chi connectivity index (χ4n) is 12.4. The van der Waals surface area contributed by atoms with Crippen LogP contribution in [-0.2, 0) is 65.4 Å². The highest BCUT2D eigenvalue weighted by atomic mass is 31.2. The van der Waals surface area contributed by atoms with E-state index in [4.69, 9.17) is 37.0 Å². The molecule has 0 amide bonds. The second-order valence-corrected chi connectivity index (χ2v) is 32.7. The van der Waals surface area contributed by atoms with Gasteiger partial charge < -0.3 is 33.8 Å². The molecule has 0 bridgehead atoms. The molecule has 0 aromatic carbocycles.